The molecule has 0 bridgehead atoms. The molecule has 0 spiro atoms. The third-order valence-electron chi connectivity index (χ3n) is 5.54. The fourth-order valence-corrected chi connectivity index (χ4v) is 9.62. The molecular weight excluding hydrogens is 487 g/mol. The van der Waals surface area contributed by atoms with Crippen LogP contribution in [0.4, 0.5) is 0 Å². The Kier molecular flexibility index (Phi) is 7.80. The van der Waals surface area contributed by atoms with Crippen LogP contribution in [0.5, 0.6) is 11.5 Å². The lowest BCUT2D eigenvalue weighted by molar-refractivity contribution is 0.365. The standard InChI is InChI=1S/C26H25NO2S4/c1-6-15-9-11-16(12-10-15)13-18(14-27)26-32-23-19(28-4)21-22(20(29-5)24(23)33-26)31-25(30-21)17(7-2)8-3/h6,9-12H,1,7-8,13H2,2-5H3. The van der Waals surface area contributed by atoms with Crippen LogP contribution in [0.3, 0.4) is 0 Å². The number of nitriles is 1. The van der Waals surface area contributed by atoms with Crippen molar-refractivity contribution in [2.75, 3.05) is 14.2 Å². The zero-order valence-corrected chi connectivity index (χ0v) is 22.4. The van der Waals surface area contributed by atoms with Crippen LogP contribution in [-0.4, -0.2) is 14.2 Å². The number of hydrogen-bond donors (Lipinski definition) is 0. The van der Waals surface area contributed by atoms with Crippen molar-refractivity contribution in [1.82, 2.24) is 0 Å². The highest BCUT2D eigenvalue weighted by Gasteiger charge is 2.37. The van der Waals surface area contributed by atoms with Crippen molar-refractivity contribution in [1.29, 1.82) is 5.26 Å². The van der Waals surface area contributed by atoms with Crippen molar-refractivity contribution in [3.63, 3.8) is 0 Å². The molecule has 0 radical (unpaired) electrons. The van der Waals surface area contributed by atoms with Crippen LogP contribution in [0.15, 0.2) is 70.0 Å². The van der Waals surface area contributed by atoms with E-state index >= 15 is 0 Å². The van der Waals surface area contributed by atoms with Gasteiger partial charge in [-0.2, -0.15) is 5.26 Å². The molecule has 0 amide bonds. The molecule has 0 fully saturated rings. The van der Waals surface area contributed by atoms with E-state index in [0.29, 0.717) is 6.42 Å². The largest absolute Gasteiger partial charge is 0.494 e. The van der Waals surface area contributed by atoms with E-state index in [2.05, 4.69) is 38.6 Å². The maximum absolute atomic E-state index is 9.97. The summed E-state index contributed by atoms with van der Waals surface area (Å²) < 4.78 is 14.2. The maximum Gasteiger partial charge on any atom is 0.149 e. The van der Waals surface area contributed by atoms with Crippen molar-refractivity contribution in [2.45, 2.75) is 52.7 Å². The van der Waals surface area contributed by atoms with E-state index in [1.165, 1.54) is 9.81 Å². The molecular formula is C26H25NO2S4. The van der Waals surface area contributed by atoms with Gasteiger partial charge in [-0.1, -0.05) is 103 Å². The smallest absolute Gasteiger partial charge is 0.149 e. The normalized spacial score (nSPS) is 13.9. The zero-order valence-electron chi connectivity index (χ0n) is 19.1. The van der Waals surface area contributed by atoms with Gasteiger partial charge < -0.3 is 9.47 Å². The van der Waals surface area contributed by atoms with Crippen molar-refractivity contribution in [3.05, 3.63) is 61.6 Å². The van der Waals surface area contributed by atoms with Crippen LogP contribution in [0.2, 0.25) is 0 Å². The van der Waals surface area contributed by atoms with Gasteiger partial charge >= 0.3 is 0 Å². The molecule has 2 aliphatic heterocycles. The second kappa shape index (κ2) is 10.6. The fraction of sp³-hybridized carbons (Fsp3) is 0.269. The first-order chi connectivity index (χ1) is 16.1. The van der Waals surface area contributed by atoms with E-state index in [1.807, 2.05) is 18.2 Å². The Morgan fingerprint density at radius 3 is 1.76 bits per heavy atom. The Morgan fingerprint density at radius 1 is 0.879 bits per heavy atom. The summed E-state index contributed by atoms with van der Waals surface area (Å²) in [5.41, 5.74) is 4.40. The highest BCUT2D eigenvalue weighted by Crippen LogP contribution is 2.68. The Balaban J connectivity index is 1.74. The second-order valence-electron chi connectivity index (χ2n) is 7.39. The molecule has 2 aromatic rings. The van der Waals surface area contributed by atoms with Crippen LogP contribution >= 0.6 is 47.0 Å². The summed E-state index contributed by atoms with van der Waals surface area (Å²) >= 11 is 6.82. The minimum atomic E-state index is 0.592. The number of allylic oxidation sites excluding steroid dienone is 2. The Morgan fingerprint density at radius 2 is 1.36 bits per heavy atom. The molecule has 4 rings (SSSR count). The minimum absolute atomic E-state index is 0.592. The van der Waals surface area contributed by atoms with Gasteiger partial charge in [-0.05, 0) is 24.0 Å². The lowest BCUT2D eigenvalue weighted by atomic mass is 10.1. The summed E-state index contributed by atoms with van der Waals surface area (Å²) in [6, 6.07) is 10.6. The van der Waals surface area contributed by atoms with Gasteiger partial charge in [-0.25, -0.2) is 0 Å². The van der Waals surface area contributed by atoms with Crippen LogP contribution in [0.25, 0.3) is 6.08 Å². The number of hydrogen-bond acceptors (Lipinski definition) is 7. The third-order valence-corrected chi connectivity index (χ3v) is 11.0. The van der Waals surface area contributed by atoms with Crippen molar-refractivity contribution in [3.8, 4) is 17.6 Å². The summed E-state index contributed by atoms with van der Waals surface area (Å²) in [7, 11) is 3.46. The van der Waals surface area contributed by atoms with Gasteiger partial charge in [0.2, 0.25) is 0 Å². The van der Waals surface area contributed by atoms with E-state index in [1.54, 1.807) is 61.3 Å². The number of methoxy groups -OCH3 is 2. The quantitative estimate of drug-likeness (QED) is 0.344. The Bertz CT molecular complexity index is 1150. The van der Waals surface area contributed by atoms with Crippen molar-refractivity contribution >= 4 is 53.1 Å². The number of benzene rings is 2. The first kappa shape index (κ1) is 24.3. The molecule has 0 aromatic heterocycles. The highest BCUT2D eigenvalue weighted by atomic mass is 32.2. The first-order valence-corrected chi connectivity index (χ1v) is 13.9. The molecule has 33 heavy (non-hydrogen) atoms. The second-order valence-corrected chi connectivity index (χ2v) is 12.0. The topological polar surface area (TPSA) is 42.2 Å². The van der Waals surface area contributed by atoms with E-state index in [0.717, 1.165) is 64.9 Å². The molecule has 2 aromatic carbocycles. The summed E-state index contributed by atoms with van der Waals surface area (Å²) in [5, 5.41) is 9.97. The minimum Gasteiger partial charge on any atom is -0.494 e. The summed E-state index contributed by atoms with van der Waals surface area (Å²) in [6.45, 7) is 8.23. The lowest BCUT2D eigenvalue weighted by Gasteiger charge is -2.14. The Labute approximate surface area is 213 Å². The summed E-state index contributed by atoms with van der Waals surface area (Å²) in [4.78, 5) is 4.35. The number of thioether (sulfide) groups is 4. The fourth-order valence-electron chi connectivity index (χ4n) is 3.71. The molecule has 0 N–H and O–H groups in total. The predicted molar refractivity (Wildman–Crippen MR) is 143 cm³/mol. The molecule has 170 valence electrons. The molecule has 2 aliphatic rings. The SMILES string of the molecule is C=Cc1ccc(CC(C#N)=C2Sc3c(OC)c4c(c(OC)c3S2)SC(=C(CC)CC)S4)cc1. The first-order valence-electron chi connectivity index (χ1n) is 10.7. The molecule has 0 atom stereocenters. The molecule has 0 saturated carbocycles. The molecule has 0 aliphatic carbocycles. The van der Waals surface area contributed by atoms with Gasteiger partial charge in [0.1, 0.15) is 11.5 Å². The van der Waals surface area contributed by atoms with E-state index < -0.39 is 0 Å². The van der Waals surface area contributed by atoms with Crippen molar-refractivity contribution in [2.24, 2.45) is 0 Å². The predicted octanol–water partition coefficient (Wildman–Crippen LogP) is 8.75. The van der Waals surface area contributed by atoms with Crippen molar-refractivity contribution < 1.29 is 9.47 Å². The average Bonchev–Trinajstić information content (AvgIpc) is 3.47. The molecule has 0 saturated heterocycles. The van der Waals surface area contributed by atoms with E-state index in [9.17, 15) is 5.26 Å². The number of fused-ring (bicyclic) bond motifs is 2. The van der Waals surface area contributed by atoms with Crippen LogP contribution < -0.4 is 9.47 Å². The van der Waals surface area contributed by atoms with Gasteiger partial charge in [0.15, 0.2) is 0 Å². The van der Waals surface area contributed by atoms with E-state index in [-0.39, 0.29) is 0 Å². The van der Waals surface area contributed by atoms with Crippen LogP contribution in [0, 0.1) is 11.3 Å². The van der Waals surface area contributed by atoms with Gasteiger partial charge in [0.05, 0.1) is 49.7 Å². The van der Waals surface area contributed by atoms with Gasteiger partial charge in [0, 0.05) is 10.7 Å². The average molecular weight is 512 g/mol. The summed E-state index contributed by atoms with van der Waals surface area (Å²) in [6.07, 6.45) is 4.50. The molecule has 3 nitrogen and oxygen atoms in total. The third kappa shape index (κ3) is 4.59. The molecule has 7 heteroatoms. The zero-order chi connectivity index (χ0) is 23.5. The van der Waals surface area contributed by atoms with E-state index in [4.69, 9.17) is 9.47 Å². The molecule has 2 heterocycles. The number of ether oxygens (including phenoxy) is 2. The van der Waals surface area contributed by atoms with Gasteiger partial charge in [0.25, 0.3) is 0 Å². The molecule has 0 unspecified atom stereocenters. The van der Waals surface area contributed by atoms with Crippen LogP contribution in [0.1, 0.15) is 37.8 Å². The number of nitrogens with zero attached hydrogens (tertiary/aromatic N) is 1. The monoisotopic (exact) mass is 511 g/mol. The van der Waals surface area contributed by atoms with Gasteiger partial charge in [-0.3, -0.25) is 0 Å². The van der Waals surface area contributed by atoms with Crippen LogP contribution in [-0.2, 0) is 6.42 Å². The Hall–Kier alpha value is -1.85. The van der Waals surface area contributed by atoms with Gasteiger partial charge in [-0.15, -0.1) is 0 Å². The summed E-state index contributed by atoms with van der Waals surface area (Å²) in [5.74, 6) is 1.78. The lowest BCUT2D eigenvalue weighted by Crippen LogP contribution is -1.94. The highest BCUT2D eigenvalue weighted by molar-refractivity contribution is 8.25. The number of rotatable bonds is 7. The maximum atomic E-state index is 9.97.